The Bertz CT molecular complexity index is 2370. The van der Waals surface area contributed by atoms with Crippen LogP contribution in [0.25, 0.3) is 44.7 Å². The van der Waals surface area contributed by atoms with Crippen LogP contribution in [0.5, 0.6) is 0 Å². The third kappa shape index (κ3) is 8.71. The molecule has 3 heterocycles. The molecule has 16 nitrogen and oxygen atoms in total. The maximum absolute atomic E-state index is 14.0. The van der Waals surface area contributed by atoms with Crippen LogP contribution < -0.4 is 10.6 Å². The Kier molecular flexibility index (Phi) is 12.3. The van der Waals surface area contributed by atoms with Crippen molar-refractivity contribution in [3.8, 4) is 33.6 Å². The molecule has 6 atom stereocenters. The minimum absolute atomic E-state index is 0.0304. The summed E-state index contributed by atoms with van der Waals surface area (Å²) in [5.41, 5.74) is 6.99. The SMILES string of the molecule is COC(=O)NC(C(=O)N(Cc1ncc(-c2ccc(-c3ccc(-c4cnc(CN(C(=O)C(NC(=O)OC)C(C)C)C5C(C)C5C)[nH]4)c4nc[nH]c34)cc2)[nH]1)C1C(C)C1C)C(C)C. The van der Waals surface area contributed by atoms with Crippen LogP contribution in [0, 0.1) is 35.5 Å². The van der Waals surface area contributed by atoms with E-state index in [0.29, 0.717) is 35.3 Å². The van der Waals surface area contributed by atoms with Crippen LogP contribution in [0.3, 0.4) is 0 Å². The molecule has 2 aliphatic rings. The Hall–Kier alpha value is -6.19. The van der Waals surface area contributed by atoms with E-state index in [1.165, 1.54) is 14.2 Å². The van der Waals surface area contributed by atoms with E-state index in [1.807, 2.05) is 55.7 Å². The molecule has 2 saturated carbocycles. The highest BCUT2D eigenvalue weighted by Crippen LogP contribution is 2.45. The first-order chi connectivity index (χ1) is 29.1. The van der Waals surface area contributed by atoms with Gasteiger partial charge in [-0.25, -0.2) is 24.5 Å². The molecular weight excluding hydrogens is 777 g/mol. The summed E-state index contributed by atoms with van der Waals surface area (Å²) in [7, 11) is 2.58. The third-order valence-electron chi connectivity index (χ3n) is 12.9. The molecule has 324 valence electrons. The van der Waals surface area contributed by atoms with E-state index in [0.717, 1.165) is 44.7 Å². The van der Waals surface area contributed by atoms with Gasteiger partial charge in [-0.05, 0) is 52.7 Å². The molecule has 0 aliphatic heterocycles. The average molecular weight is 835 g/mol. The Morgan fingerprint density at radius 3 is 1.54 bits per heavy atom. The zero-order valence-electron chi connectivity index (χ0n) is 36.6. The number of rotatable bonds is 15. The molecule has 2 aromatic carbocycles. The van der Waals surface area contributed by atoms with Crippen molar-refractivity contribution < 1.29 is 28.7 Å². The molecule has 5 aromatic rings. The summed E-state index contributed by atoms with van der Waals surface area (Å²) >= 11 is 0. The lowest BCUT2D eigenvalue weighted by molar-refractivity contribution is -0.136. The van der Waals surface area contributed by atoms with Crippen molar-refractivity contribution in [2.75, 3.05) is 14.2 Å². The highest BCUT2D eigenvalue weighted by atomic mass is 16.5. The number of fused-ring (bicyclic) bond motifs is 1. The number of carbonyl (C=O) groups is 4. The number of aromatic amines is 3. The number of aromatic nitrogens is 6. The van der Waals surface area contributed by atoms with Gasteiger partial charge in [0.1, 0.15) is 23.7 Å². The van der Waals surface area contributed by atoms with E-state index >= 15 is 0 Å². The molecule has 5 N–H and O–H groups in total. The first-order valence-corrected chi connectivity index (χ1v) is 21.1. The number of ether oxygens (including phenoxy) is 2. The molecule has 0 bridgehead atoms. The van der Waals surface area contributed by atoms with Gasteiger partial charge in [-0.15, -0.1) is 0 Å². The van der Waals surface area contributed by atoms with E-state index in [4.69, 9.17) is 19.4 Å². The molecular formula is C45H58N10O6. The molecule has 16 heteroatoms. The second-order valence-corrected chi connectivity index (χ2v) is 17.4. The van der Waals surface area contributed by atoms with Gasteiger partial charge in [-0.2, -0.15) is 0 Å². The van der Waals surface area contributed by atoms with Gasteiger partial charge < -0.3 is 44.9 Å². The van der Waals surface area contributed by atoms with Gasteiger partial charge >= 0.3 is 12.2 Å². The Morgan fingerprint density at radius 2 is 1.08 bits per heavy atom. The molecule has 6 unspecified atom stereocenters. The molecule has 61 heavy (non-hydrogen) atoms. The molecule has 0 saturated heterocycles. The van der Waals surface area contributed by atoms with Crippen LogP contribution in [0.1, 0.15) is 67.0 Å². The number of imidazole rings is 3. The van der Waals surface area contributed by atoms with Crippen molar-refractivity contribution >= 4 is 35.0 Å². The normalized spacial score (nSPS) is 21.5. The molecule has 0 radical (unpaired) electrons. The van der Waals surface area contributed by atoms with E-state index in [1.54, 1.807) is 18.7 Å². The monoisotopic (exact) mass is 834 g/mol. The summed E-state index contributed by atoms with van der Waals surface area (Å²) in [6.45, 7) is 16.7. The standard InChI is InChI=1S/C45H58N10O6/c1-22(2)36(52-44(58)60-9)42(56)54(40-24(5)25(40)6)19-34-46-17-32(50-34)29-13-11-28(12-14-29)30-15-16-31(39-38(30)48-21-49-39)33-18-47-35(51-33)20-55(41-26(7)27(41)8)43(57)37(23(3)4)53-45(59)61-10/h11-18,21-27,36-37,40-41H,19-20H2,1-10H3,(H,46,50)(H,47,51)(H,48,49)(H,52,58)(H,53,59). The summed E-state index contributed by atoms with van der Waals surface area (Å²) in [5, 5.41) is 5.45. The fourth-order valence-electron chi connectivity index (χ4n) is 8.64. The number of carbonyl (C=O) groups excluding carboxylic acids is 4. The van der Waals surface area contributed by atoms with Crippen molar-refractivity contribution in [2.45, 2.75) is 92.6 Å². The molecule has 4 amide bonds. The summed E-state index contributed by atoms with van der Waals surface area (Å²) in [5.74, 6) is 1.99. The predicted molar refractivity (Wildman–Crippen MR) is 230 cm³/mol. The lowest BCUT2D eigenvalue weighted by Crippen LogP contribution is -2.52. The smallest absolute Gasteiger partial charge is 0.407 e. The molecule has 2 fully saturated rings. The zero-order chi connectivity index (χ0) is 43.9. The summed E-state index contributed by atoms with van der Waals surface area (Å²) in [6.07, 6.45) is 3.95. The maximum atomic E-state index is 14.0. The van der Waals surface area contributed by atoms with E-state index in [2.05, 4.69) is 76.5 Å². The van der Waals surface area contributed by atoms with Crippen LogP contribution in [0.15, 0.2) is 55.1 Å². The number of benzene rings is 2. The quantitative estimate of drug-likeness (QED) is 0.0757. The topological polar surface area (TPSA) is 203 Å². The van der Waals surface area contributed by atoms with Gasteiger partial charge in [0.25, 0.3) is 0 Å². The molecule has 2 aliphatic carbocycles. The largest absolute Gasteiger partial charge is 0.453 e. The number of alkyl carbamates (subject to hydrolysis) is 2. The first-order valence-electron chi connectivity index (χ1n) is 21.1. The van der Waals surface area contributed by atoms with Crippen LogP contribution in [0.4, 0.5) is 9.59 Å². The fourth-order valence-corrected chi connectivity index (χ4v) is 8.64. The van der Waals surface area contributed by atoms with Crippen LogP contribution >= 0.6 is 0 Å². The minimum Gasteiger partial charge on any atom is -0.453 e. The number of nitrogens with one attached hydrogen (secondary N) is 5. The number of methoxy groups -OCH3 is 2. The van der Waals surface area contributed by atoms with Gasteiger partial charge in [-0.1, -0.05) is 85.7 Å². The minimum atomic E-state index is -0.737. The molecule has 7 rings (SSSR count). The highest BCUT2D eigenvalue weighted by Gasteiger charge is 2.51. The number of hydrogen-bond donors (Lipinski definition) is 5. The van der Waals surface area contributed by atoms with E-state index in [9.17, 15) is 19.2 Å². The maximum Gasteiger partial charge on any atom is 0.407 e. The predicted octanol–water partition coefficient (Wildman–Crippen LogP) is 6.74. The van der Waals surface area contributed by atoms with Gasteiger partial charge in [0, 0.05) is 23.2 Å². The number of nitrogens with zero attached hydrogens (tertiary/aromatic N) is 5. The summed E-state index contributed by atoms with van der Waals surface area (Å²) in [4.78, 5) is 80.0. The van der Waals surface area contributed by atoms with Crippen molar-refractivity contribution in [1.82, 2.24) is 50.3 Å². The average Bonchev–Trinajstić information content (AvgIpc) is 3.71. The van der Waals surface area contributed by atoms with Crippen LogP contribution in [-0.2, 0) is 32.2 Å². The van der Waals surface area contributed by atoms with E-state index in [-0.39, 0.29) is 48.8 Å². The third-order valence-corrected chi connectivity index (χ3v) is 12.9. The van der Waals surface area contributed by atoms with Gasteiger partial charge in [0.15, 0.2) is 0 Å². The second-order valence-electron chi connectivity index (χ2n) is 17.4. The van der Waals surface area contributed by atoms with Crippen LogP contribution in [-0.4, -0.2) is 102 Å². The van der Waals surface area contributed by atoms with Crippen molar-refractivity contribution in [2.24, 2.45) is 35.5 Å². The Morgan fingerprint density at radius 1 is 0.639 bits per heavy atom. The second kappa shape index (κ2) is 17.4. The molecule has 3 aromatic heterocycles. The number of hydrogen-bond acceptors (Lipinski definition) is 9. The van der Waals surface area contributed by atoms with Crippen molar-refractivity contribution in [3.63, 3.8) is 0 Å². The zero-order valence-corrected chi connectivity index (χ0v) is 36.6. The highest BCUT2D eigenvalue weighted by molar-refractivity contribution is 6.00. The fraction of sp³-hybridized carbons (Fsp3) is 0.489. The lowest BCUT2D eigenvalue weighted by atomic mass is 9.99. The van der Waals surface area contributed by atoms with Crippen molar-refractivity contribution in [1.29, 1.82) is 0 Å². The van der Waals surface area contributed by atoms with E-state index < -0.39 is 24.3 Å². The first kappa shape index (κ1) is 42.9. The van der Waals surface area contributed by atoms with Crippen molar-refractivity contribution in [3.05, 3.63) is 66.8 Å². The number of H-pyrrole nitrogens is 3. The number of amides is 4. The molecule has 0 spiro atoms. The summed E-state index contributed by atoms with van der Waals surface area (Å²) in [6, 6.07) is 10.9. The van der Waals surface area contributed by atoms with Gasteiger partial charge in [0.2, 0.25) is 11.8 Å². The van der Waals surface area contributed by atoms with Gasteiger partial charge in [-0.3, -0.25) is 9.59 Å². The Balaban J connectivity index is 1.07. The van der Waals surface area contributed by atoms with Crippen LogP contribution in [0.2, 0.25) is 0 Å². The Labute approximate surface area is 356 Å². The lowest BCUT2D eigenvalue weighted by Gasteiger charge is -2.29. The summed E-state index contributed by atoms with van der Waals surface area (Å²) < 4.78 is 9.62. The van der Waals surface area contributed by atoms with Gasteiger partial charge in [0.05, 0.1) is 68.5 Å².